The number of carboxylic acid groups (broad SMARTS) is 1. The van der Waals surface area contributed by atoms with Crippen LogP contribution < -0.4 is 5.32 Å². The molecule has 1 heterocycles. The SMILES string of the molecule is Cc1ccccc1[C@@H](C(=O)O)N1CCC(c2ccc(NC(=O)c3ccccc3-c3ccc(C(F)(F)F)cc3)cc2)CC1. The van der Waals surface area contributed by atoms with Crippen molar-refractivity contribution in [3.05, 3.63) is 125 Å². The molecule has 0 radical (unpaired) electrons. The number of aryl methyl sites for hydroxylation is 1. The number of carboxylic acids is 1. The van der Waals surface area contributed by atoms with Crippen molar-refractivity contribution in [2.24, 2.45) is 0 Å². The van der Waals surface area contributed by atoms with Gasteiger partial charge in [-0.3, -0.25) is 14.5 Å². The van der Waals surface area contributed by atoms with E-state index >= 15 is 0 Å². The molecule has 1 fully saturated rings. The summed E-state index contributed by atoms with van der Waals surface area (Å²) in [5.41, 5.74) is 4.19. The smallest absolute Gasteiger partial charge is 0.416 e. The first kappa shape index (κ1) is 29.1. The van der Waals surface area contributed by atoms with Crippen molar-refractivity contribution in [2.45, 2.75) is 37.9 Å². The van der Waals surface area contributed by atoms with E-state index in [1.165, 1.54) is 12.1 Å². The lowest BCUT2D eigenvalue weighted by Gasteiger charge is -2.36. The third-order valence-corrected chi connectivity index (χ3v) is 7.95. The number of benzene rings is 4. The Bertz CT molecular complexity index is 1560. The Hall–Kier alpha value is -4.43. The van der Waals surface area contributed by atoms with E-state index in [0.717, 1.165) is 41.7 Å². The Morgan fingerprint density at radius 3 is 2.10 bits per heavy atom. The van der Waals surface area contributed by atoms with Crippen LogP contribution in [0.5, 0.6) is 0 Å². The molecule has 0 saturated carbocycles. The Morgan fingerprint density at radius 1 is 0.857 bits per heavy atom. The van der Waals surface area contributed by atoms with Crippen LogP contribution in [0, 0.1) is 6.92 Å². The minimum absolute atomic E-state index is 0.276. The van der Waals surface area contributed by atoms with Crippen molar-refractivity contribution in [1.82, 2.24) is 4.90 Å². The molecule has 1 amide bonds. The summed E-state index contributed by atoms with van der Waals surface area (Å²) >= 11 is 0. The van der Waals surface area contributed by atoms with Crippen LogP contribution in [0.15, 0.2) is 97.1 Å². The number of carbonyl (C=O) groups excluding carboxylic acids is 1. The van der Waals surface area contributed by atoms with E-state index in [0.29, 0.717) is 35.5 Å². The van der Waals surface area contributed by atoms with E-state index < -0.39 is 23.8 Å². The lowest BCUT2D eigenvalue weighted by atomic mass is 9.88. The highest BCUT2D eigenvalue weighted by molar-refractivity contribution is 6.08. The van der Waals surface area contributed by atoms with Gasteiger partial charge in [-0.05, 0) is 96.9 Å². The molecular weight excluding hydrogens is 541 g/mol. The number of halogens is 3. The zero-order valence-corrected chi connectivity index (χ0v) is 23.1. The lowest BCUT2D eigenvalue weighted by molar-refractivity contribution is -0.144. The Kier molecular flexibility index (Phi) is 8.45. The predicted octanol–water partition coefficient (Wildman–Crippen LogP) is 7.94. The van der Waals surface area contributed by atoms with Gasteiger partial charge in [0.1, 0.15) is 6.04 Å². The van der Waals surface area contributed by atoms with Crippen LogP contribution in [0.4, 0.5) is 18.9 Å². The molecule has 1 atom stereocenters. The number of piperidine rings is 1. The van der Waals surface area contributed by atoms with Crippen molar-refractivity contribution >= 4 is 17.6 Å². The van der Waals surface area contributed by atoms with Gasteiger partial charge in [0.05, 0.1) is 5.56 Å². The molecule has 1 aliphatic heterocycles. The van der Waals surface area contributed by atoms with Crippen LogP contribution in [-0.2, 0) is 11.0 Å². The topological polar surface area (TPSA) is 69.6 Å². The molecule has 0 unspecified atom stereocenters. The minimum Gasteiger partial charge on any atom is -0.480 e. The van der Waals surface area contributed by atoms with Gasteiger partial charge in [-0.15, -0.1) is 0 Å². The molecule has 0 aliphatic carbocycles. The van der Waals surface area contributed by atoms with Crippen LogP contribution in [0.25, 0.3) is 11.1 Å². The molecule has 5 rings (SSSR count). The third-order valence-electron chi connectivity index (χ3n) is 7.95. The minimum atomic E-state index is -4.43. The van der Waals surface area contributed by atoms with E-state index in [1.807, 2.05) is 60.4 Å². The van der Waals surface area contributed by atoms with Crippen molar-refractivity contribution in [3.8, 4) is 11.1 Å². The quantitative estimate of drug-likeness (QED) is 0.236. The zero-order valence-electron chi connectivity index (χ0n) is 23.1. The maximum atomic E-state index is 13.2. The monoisotopic (exact) mass is 572 g/mol. The fraction of sp³-hybridized carbons (Fsp3) is 0.235. The summed E-state index contributed by atoms with van der Waals surface area (Å²) in [6, 6.07) is 26.1. The van der Waals surface area contributed by atoms with E-state index in [-0.39, 0.29) is 11.8 Å². The van der Waals surface area contributed by atoms with Crippen LogP contribution >= 0.6 is 0 Å². The van der Waals surface area contributed by atoms with Crippen molar-refractivity contribution < 1.29 is 27.9 Å². The molecule has 2 N–H and O–H groups in total. The second-order valence-electron chi connectivity index (χ2n) is 10.6. The maximum Gasteiger partial charge on any atom is 0.416 e. The average molecular weight is 573 g/mol. The van der Waals surface area contributed by atoms with Gasteiger partial charge in [-0.2, -0.15) is 13.2 Å². The van der Waals surface area contributed by atoms with Crippen molar-refractivity contribution in [3.63, 3.8) is 0 Å². The van der Waals surface area contributed by atoms with Gasteiger partial charge in [-0.1, -0.05) is 66.7 Å². The van der Waals surface area contributed by atoms with E-state index in [4.69, 9.17) is 0 Å². The summed E-state index contributed by atoms with van der Waals surface area (Å²) in [5.74, 6) is -0.928. The summed E-state index contributed by atoms with van der Waals surface area (Å²) in [6.45, 7) is 3.26. The van der Waals surface area contributed by atoms with E-state index in [1.54, 1.807) is 24.3 Å². The molecule has 0 spiro atoms. The molecule has 5 nitrogen and oxygen atoms in total. The Balaban J connectivity index is 1.24. The van der Waals surface area contributed by atoms with Gasteiger partial charge in [0.15, 0.2) is 0 Å². The summed E-state index contributed by atoms with van der Waals surface area (Å²) < 4.78 is 39.0. The fourth-order valence-electron chi connectivity index (χ4n) is 5.68. The van der Waals surface area contributed by atoms with Crippen molar-refractivity contribution in [1.29, 1.82) is 0 Å². The normalized spacial score (nSPS) is 15.2. The summed E-state index contributed by atoms with van der Waals surface area (Å²) in [7, 11) is 0. The standard InChI is InChI=1S/C34H31F3N2O3/c1-22-6-2-3-7-28(22)31(33(41)42)39-20-18-24(19-21-39)23-12-16-27(17-13-23)38-32(40)30-9-5-4-8-29(30)25-10-14-26(15-11-25)34(35,36)37/h2-17,24,31H,18-21H2,1H3,(H,38,40)(H,41,42)/t31-/m0/s1. The number of hydrogen-bond acceptors (Lipinski definition) is 3. The second kappa shape index (κ2) is 12.2. The third kappa shape index (κ3) is 6.39. The summed E-state index contributed by atoms with van der Waals surface area (Å²) in [5, 5.41) is 12.9. The van der Waals surface area contributed by atoms with Gasteiger partial charge in [0.2, 0.25) is 0 Å². The first-order chi connectivity index (χ1) is 20.1. The number of alkyl halides is 3. The Labute approximate surface area is 242 Å². The van der Waals surface area contributed by atoms with Crippen LogP contribution in [-0.4, -0.2) is 35.0 Å². The number of likely N-dealkylation sites (tertiary alicyclic amines) is 1. The van der Waals surface area contributed by atoms with Crippen LogP contribution in [0.3, 0.4) is 0 Å². The number of nitrogens with zero attached hydrogens (tertiary/aromatic N) is 1. The first-order valence-electron chi connectivity index (χ1n) is 13.8. The van der Waals surface area contributed by atoms with E-state index in [2.05, 4.69) is 5.32 Å². The number of hydrogen-bond donors (Lipinski definition) is 2. The molecule has 0 bridgehead atoms. The second-order valence-corrected chi connectivity index (χ2v) is 10.6. The molecule has 216 valence electrons. The highest BCUT2D eigenvalue weighted by atomic mass is 19.4. The number of anilines is 1. The van der Waals surface area contributed by atoms with E-state index in [9.17, 15) is 27.9 Å². The molecular formula is C34H31F3N2O3. The van der Waals surface area contributed by atoms with Crippen molar-refractivity contribution in [2.75, 3.05) is 18.4 Å². The predicted molar refractivity (Wildman–Crippen MR) is 156 cm³/mol. The largest absolute Gasteiger partial charge is 0.480 e. The molecule has 1 aliphatic rings. The number of rotatable bonds is 7. The molecule has 42 heavy (non-hydrogen) atoms. The van der Waals surface area contributed by atoms with Crippen LogP contribution in [0.1, 0.15) is 57.4 Å². The van der Waals surface area contributed by atoms with Gasteiger partial charge in [-0.25, -0.2) is 0 Å². The average Bonchev–Trinajstić information content (AvgIpc) is 2.98. The van der Waals surface area contributed by atoms with Gasteiger partial charge in [0.25, 0.3) is 5.91 Å². The highest BCUT2D eigenvalue weighted by Gasteiger charge is 2.32. The molecule has 4 aromatic carbocycles. The summed E-state index contributed by atoms with van der Waals surface area (Å²) in [6.07, 6.45) is -2.79. The molecule has 0 aromatic heterocycles. The molecule has 8 heteroatoms. The van der Waals surface area contributed by atoms with Gasteiger partial charge >= 0.3 is 12.1 Å². The first-order valence-corrected chi connectivity index (χ1v) is 13.8. The molecule has 4 aromatic rings. The molecule has 1 saturated heterocycles. The van der Waals surface area contributed by atoms with Crippen LogP contribution in [0.2, 0.25) is 0 Å². The zero-order chi connectivity index (χ0) is 29.9. The number of amides is 1. The van der Waals surface area contributed by atoms with Gasteiger partial charge < -0.3 is 10.4 Å². The maximum absolute atomic E-state index is 13.2. The van der Waals surface area contributed by atoms with Gasteiger partial charge in [0, 0.05) is 11.3 Å². The number of carbonyl (C=O) groups is 2. The summed E-state index contributed by atoms with van der Waals surface area (Å²) in [4.78, 5) is 27.4. The lowest BCUT2D eigenvalue weighted by Crippen LogP contribution is -2.40. The Morgan fingerprint density at radius 2 is 1.48 bits per heavy atom. The fourth-order valence-corrected chi connectivity index (χ4v) is 5.68. The number of nitrogens with one attached hydrogen (secondary N) is 1. The highest BCUT2D eigenvalue weighted by Crippen LogP contribution is 2.35. The number of aliphatic carboxylic acids is 1.